The Balaban J connectivity index is 1.73. The Morgan fingerprint density at radius 3 is 2.29 bits per heavy atom. The largest absolute Gasteiger partial charge is 0.507 e. The normalized spacial score (nSPS) is 17.0. The van der Waals surface area contributed by atoms with Gasteiger partial charge in [0.1, 0.15) is 11.5 Å². The predicted octanol–water partition coefficient (Wildman–Crippen LogP) is 3.19. The molecule has 9 nitrogen and oxygen atoms in total. The zero-order valence-electron chi connectivity index (χ0n) is 19.4. The smallest absolute Gasteiger partial charge is 0.337 e. The molecule has 0 spiro atoms. The molecule has 0 bridgehead atoms. The number of aromatic nitrogens is 2. The van der Waals surface area contributed by atoms with Crippen LogP contribution in [0.2, 0.25) is 0 Å². The summed E-state index contributed by atoms with van der Waals surface area (Å²) in [4.78, 5) is 43.5. The summed E-state index contributed by atoms with van der Waals surface area (Å²) in [5.41, 5.74) is 1.31. The van der Waals surface area contributed by atoms with Crippen LogP contribution in [-0.4, -0.2) is 58.0 Å². The molecular formula is C26H25N3O6. The summed E-state index contributed by atoms with van der Waals surface area (Å²) in [5.74, 6) is -1.62. The fourth-order valence-electron chi connectivity index (χ4n) is 4.12. The molecule has 0 radical (unpaired) electrons. The maximum atomic E-state index is 13.1. The fourth-order valence-corrected chi connectivity index (χ4v) is 4.12. The Labute approximate surface area is 202 Å². The number of rotatable bonds is 8. The highest BCUT2D eigenvalue weighted by atomic mass is 16.5. The van der Waals surface area contributed by atoms with E-state index in [0.29, 0.717) is 35.4 Å². The van der Waals surface area contributed by atoms with Gasteiger partial charge in [-0.1, -0.05) is 12.1 Å². The van der Waals surface area contributed by atoms with E-state index < -0.39 is 23.7 Å². The van der Waals surface area contributed by atoms with Gasteiger partial charge in [-0.15, -0.1) is 0 Å². The van der Waals surface area contributed by atoms with Crippen molar-refractivity contribution in [1.82, 2.24) is 14.5 Å². The molecule has 1 amide bonds. The van der Waals surface area contributed by atoms with Crippen LogP contribution in [0, 0.1) is 0 Å². The number of aliphatic hydroxyl groups excluding tert-OH is 1. The molecule has 2 aromatic carbocycles. The highest BCUT2D eigenvalue weighted by molar-refractivity contribution is 6.46. The van der Waals surface area contributed by atoms with Crippen LogP contribution in [0.25, 0.3) is 5.76 Å². The van der Waals surface area contributed by atoms with Gasteiger partial charge < -0.3 is 24.0 Å². The number of amides is 1. The molecule has 2 heterocycles. The van der Waals surface area contributed by atoms with Crippen molar-refractivity contribution < 1.29 is 29.0 Å². The summed E-state index contributed by atoms with van der Waals surface area (Å²) in [6.07, 6.45) is 5.74. The van der Waals surface area contributed by atoms with Gasteiger partial charge in [-0.05, 0) is 48.4 Å². The lowest BCUT2D eigenvalue weighted by Crippen LogP contribution is -2.31. The van der Waals surface area contributed by atoms with E-state index in [1.807, 2.05) is 10.8 Å². The van der Waals surface area contributed by atoms with Gasteiger partial charge in [0, 0.05) is 31.0 Å². The molecule has 35 heavy (non-hydrogen) atoms. The van der Waals surface area contributed by atoms with E-state index in [9.17, 15) is 19.5 Å². The number of benzene rings is 2. The Morgan fingerprint density at radius 1 is 1.00 bits per heavy atom. The van der Waals surface area contributed by atoms with Gasteiger partial charge in [0.05, 0.1) is 37.7 Å². The number of Topliss-reactive ketones (excluding diaryl/α,β-unsaturated/α-hetero) is 1. The quantitative estimate of drug-likeness (QED) is 0.231. The summed E-state index contributed by atoms with van der Waals surface area (Å²) in [5, 5.41) is 11.1. The molecule has 1 atom stereocenters. The number of imidazole rings is 1. The lowest BCUT2D eigenvalue weighted by Gasteiger charge is -2.25. The predicted molar refractivity (Wildman–Crippen MR) is 127 cm³/mol. The second-order valence-electron chi connectivity index (χ2n) is 7.99. The zero-order valence-corrected chi connectivity index (χ0v) is 19.4. The number of carbonyl (C=O) groups excluding carboxylic acids is 3. The molecule has 9 heteroatoms. The topological polar surface area (TPSA) is 111 Å². The fraction of sp³-hybridized carbons (Fsp3) is 0.231. The number of carbonyl (C=O) groups is 3. The summed E-state index contributed by atoms with van der Waals surface area (Å²) in [6, 6.07) is 12.2. The first-order chi connectivity index (χ1) is 16.9. The number of aliphatic hydroxyl groups is 1. The first-order valence-corrected chi connectivity index (χ1v) is 11.0. The molecule has 1 unspecified atom stereocenters. The molecule has 1 aliphatic heterocycles. The lowest BCUT2D eigenvalue weighted by atomic mass is 9.94. The van der Waals surface area contributed by atoms with Gasteiger partial charge in [-0.25, -0.2) is 9.78 Å². The third-order valence-electron chi connectivity index (χ3n) is 5.93. The number of methoxy groups -OCH3 is 2. The van der Waals surface area contributed by atoms with Crippen LogP contribution in [0.1, 0.15) is 33.9 Å². The Morgan fingerprint density at radius 2 is 1.69 bits per heavy atom. The number of hydrogen-bond acceptors (Lipinski definition) is 7. The number of ether oxygens (including phenoxy) is 2. The van der Waals surface area contributed by atoms with Gasteiger partial charge in [0.2, 0.25) is 0 Å². The number of nitrogens with zero attached hydrogens (tertiary/aromatic N) is 3. The lowest BCUT2D eigenvalue weighted by molar-refractivity contribution is -0.139. The van der Waals surface area contributed by atoms with E-state index >= 15 is 0 Å². The number of aryl methyl sites for hydroxylation is 1. The van der Waals surface area contributed by atoms with Crippen molar-refractivity contribution in [3.05, 3.63) is 89.5 Å². The molecule has 180 valence electrons. The molecule has 1 saturated heterocycles. The van der Waals surface area contributed by atoms with E-state index in [2.05, 4.69) is 4.98 Å². The number of ketones is 1. The van der Waals surface area contributed by atoms with Gasteiger partial charge in [0.15, 0.2) is 0 Å². The molecule has 1 aromatic heterocycles. The SMILES string of the molecule is COC(=O)c1ccc(C2C(=C(O)c3ccc(OC)cc3)C(=O)C(=O)N2CCCn2ccnc2)cc1. The summed E-state index contributed by atoms with van der Waals surface area (Å²) >= 11 is 0. The maximum absolute atomic E-state index is 13.1. The first-order valence-electron chi connectivity index (χ1n) is 11.0. The standard InChI is InChI=1S/C26H25N3O6/c1-34-20-10-8-18(9-11-20)23(30)21-22(17-4-6-19(7-5-17)26(33)35-2)29(25(32)24(21)31)14-3-13-28-15-12-27-16-28/h4-12,15-16,22,30H,3,13-14H2,1-2H3. The van der Waals surface area contributed by atoms with Crippen molar-refractivity contribution in [2.24, 2.45) is 0 Å². The summed E-state index contributed by atoms with van der Waals surface area (Å²) in [6.45, 7) is 0.890. The molecule has 1 aliphatic rings. The van der Waals surface area contributed by atoms with Crippen LogP contribution < -0.4 is 4.74 Å². The molecule has 3 aromatic rings. The van der Waals surface area contributed by atoms with Crippen molar-refractivity contribution >= 4 is 23.4 Å². The van der Waals surface area contributed by atoms with Crippen LogP contribution in [0.5, 0.6) is 5.75 Å². The highest BCUT2D eigenvalue weighted by Gasteiger charge is 2.45. The maximum Gasteiger partial charge on any atom is 0.337 e. The van der Waals surface area contributed by atoms with Crippen molar-refractivity contribution in [3.8, 4) is 5.75 Å². The number of esters is 1. The molecule has 1 fully saturated rings. The van der Waals surface area contributed by atoms with E-state index in [1.165, 1.54) is 19.1 Å². The van der Waals surface area contributed by atoms with Crippen LogP contribution in [0.4, 0.5) is 0 Å². The summed E-state index contributed by atoms with van der Waals surface area (Å²) < 4.78 is 11.8. The first kappa shape index (κ1) is 23.7. The highest BCUT2D eigenvalue weighted by Crippen LogP contribution is 2.39. The second-order valence-corrected chi connectivity index (χ2v) is 7.99. The van der Waals surface area contributed by atoms with Crippen LogP contribution in [-0.2, 0) is 20.9 Å². The van der Waals surface area contributed by atoms with Gasteiger partial charge in [-0.3, -0.25) is 9.59 Å². The second kappa shape index (κ2) is 10.3. The Hall–Kier alpha value is -4.40. The molecular weight excluding hydrogens is 450 g/mol. The van der Waals surface area contributed by atoms with Crippen LogP contribution in [0.3, 0.4) is 0 Å². The van der Waals surface area contributed by atoms with Crippen LogP contribution >= 0.6 is 0 Å². The average molecular weight is 476 g/mol. The van der Waals surface area contributed by atoms with Crippen molar-refractivity contribution in [1.29, 1.82) is 0 Å². The minimum Gasteiger partial charge on any atom is -0.507 e. The number of likely N-dealkylation sites (tertiary alicyclic amines) is 1. The summed E-state index contributed by atoms with van der Waals surface area (Å²) in [7, 11) is 2.82. The minimum atomic E-state index is -0.813. The molecule has 4 rings (SSSR count). The average Bonchev–Trinajstić information content (AvgIpc) is 3.50. The Bertz CT molecular complexity index is 1250. The van der Waals surface area contributed by atoms with Crippen LogP contribution in [0.15, 0.2) is 72.8 Å². The van der Waals surface area contributed by atoms with Crippen molar-refractivity contribution in [2.75, 3.05) is 20.8 Å². The Kier molecular flexibility index (Phi) is 6.96. The zero-order chi connectivity index (χ0) is 24.9. The third-order valence-corrected chi connectivity index (χ3v) is 5.93. The monoisotopic (exact) mass is 475 g/mol. The third kappa shape index (κ3) is 4.79. The van der Waals surface area contributed by atoms with E-state index in [0.717, 1.165) is 0 Å². The number of hydrogen-bond donors (Lipinski definition) is 1. The van der Waals surface area contributed by atoms with Crippen molar-refractivity contribution in [3.63, 3.8) is 0 Å². The van der Waals surface area contributed by atoms with Crippen molar-refractivity contribution in [2.45, 2.75) is 19.0 Å². The van der Waals surface area contributed by atoms with Gasteiger partial charge in [0.25, 0.3) is 11.7 Å². The van der Waals surface area contributed by atoms with Gasteiger partial charge >= 0.3 is 5.97 Å². The van der Waals surface area contributed by atoms with E-state index in [1.54, 1.807) is 61.1 Å². The van der Waals surface area contributed by atoms with E-state index in [4.69, 9.17) is 9.47 Å². The molecule has 1 N–H and O–H groups in total. The van der Waals surface area contributed by atoms with Gasteiger partial charge in [-0.2, -0.15) is 0 Å². The van der Waals surface area contributed by atoms with E-state index in [-0.39, 0.29) is 17.9 Å². The molecule has 0 saturated carbocycles. The molecule has 0 aliphatic carbocycles. The minimum absolute atomic E-state index is 0.00591.